The van der Waals surface area contributed by atoms with E-state index in [0.717, 1.165) is 6.42 Å². The lowest BCUT2D eigenvalue weighted by molar-refractivity contribution is 0.190. The molecule has 0 saturated heterocycles. The van der Waals surface area contributed by atoms with Gasteiger partial charge in [0, 0.05) is 6.54 Å². The molecule has 92 valence electrons. The molecule has 0 bridgehead atoms. The fourth-order valence-corrected chi connectivity index (χ4v) is 1.69. The van der Waals surface area contributed by atoms with Gasteiger partial charge >= 0.3 is 5.69 Å². The normalized spacial score (nSPS) is 13.1. The third-order valence-corrected chi connectivity index (χ3v) is 2.49. The highest BCUT2D eigenvalue weighted by Gasteiger charge is 2.14. The Labute approximate surface area is 96.1 Å². The van der Waals surface area contributed by atoms with Crippen LogP contribution in [0.25, 0.3) is 11.2 Å². The molecule has 0 fully saturated rings. The standard InChI is InChI=1S/C10H14N4O3/c1-3-4-14-8-6(9(16)13-10(14)17)11-7(12-8)5(2)15/h5,15H,3-4H2,1-2H3,(H,11,12)(H,13,16,17). The molecule has 0 aliphatic heterocycles. The van der Waals surface area contributed by atoms with Gasteiger partial charge in [0.15, 0.2) is 5.65 Å². The van der Waals surface area contributed by atoms with Crippen LogP contribution in [0, 0.1) is 0 Å². The number of H-pyrrole nitrogens is 2. The van der Waals surface area contributed by atoms with E-state index in [-0.39, 0.29) is 17.0 Å². The molecule has 17 heavy (non-hydrogen) atoms. The van der Waals surface area contributed by atoms with Gasteiger partial charge in [-0.15, -0.1) is 0 Å². The Kier molecular flexibility index (Phi) is 2.84. The molecule has 1 unspecified atom stereocenters. The summed E-state index contributed by atoms with van der Waals surface area (Å²) < 4.78 is 1.39. The Hall–Kier alpha value is -1.89. The molecule has 2 aromatic rings. The highest BCUT2D eigenvalue weighted by molar-refractivity contribution is 5.69. The first kappa shape index (κ1) is 11.6. The van der Waals surface area contributed by atoms with Gasteiger partial charge in [-0.1, -0.05) is 6.92 Å². The summed E-state index contributed by atoms with van der Waals surface area (Å²) in [4.78, 5) is 32.2. The third kappa shape index (κ3) is 1.89. The van der Waals surface area contributed by atoms with Crippen LogP contribution in [0.15, 0.2) is 9.59 Å². The second kappa shape index (κ2) is 4.17. The monoisotopic (exact) mass is 238 g/mol. The summed E-state index contributed by atoms with van der Waals surface area (Å²) >= 11 is 0. The first-order valence-electron chi connectivity index (χ1n) is 5.45. The second-order valence-corrected chi connectivity index (χ2v) is 3.91. The van der Waals surface area contributed by atoms with Crippen LogP contribution in [-0.2, 0) is 6.54 Å². The molecule has 0 radical (unpaired) electrons. The molecule has 2 heterocycles. The van der Waals surface area contributed by atoms with E-state index < -0.39 is 17.4 Å². The van der Waals surface area contributed by atoms with Crippen LogP contribution < -0.4 is 11.2 Å². The number of hydrogen-bond acceptors (Lipinski definition) is 4. The summed E-state index contributed by atoms with van der Waals surface area (Å²) in [5.41, 5.74) is -0.491. The average molecular weight is 238 g/mol. The van der Waals surface area contributed by atoms with Gasteiger partial charge in [0.2, 0.25) is 0 Å². The lowest BCUT2D eigenvalue weighted by Gasteiger charge is -2.02. The number of aromatic nitrogens is 4. The van der Waals surface area contributed by atoms with E-state index >= 15 is 0 Å². The smallest absolute Gasteiger partial charge is 0.330 e. The Morgan fingerprint density at radius 2 is 2.12 bits per heavy atom. The van der Waals surface area contributed by atoms with E-state index in [0.29, 0.717) is 6.54 Å². The maximum absolute atomic E-state index is 11.6. The Bertz CT molecular complexity index is 650. The Morgan fingerprint density at radius 3 is 2.71 bits per heavy atom. The fourth-order valence-electron chi connectivity index (χ4n) is 1.69. The quantitative estimate of drug-likeness (QED) is 0.693. The number of aryl methyl sites for hydroxylation is 1. The zero-order chi connectivity index (χ0) is 12.6. The van der Waals surface area contributed by atoms with Crippen molar-refractivity contribution in [2.45, 2.75) is 32.9 Å². The minimum Gasteiger partial charge on any atom is -0.385 e. The van der Waals surface area contributed by atoms with Crippen molar-refractivity contribution in [3.05, 3.63) is 26.7 Å². The summed E-state index contributed by atoms with van der Waals surface area (Å²) in [5.74, 6) is 0.279. The Morgan fingerprint density at radius 1 is 1.41 bits per heavy atom. The number of fused-ring (bicyclic) bond motifs is 1. The summed E-state index contributed by atoms with van der Waals surface area (Å²) in [5, 5.41) is 9.41. The molecule has 0 aliphatic carbocycles. The molecular formula is C10H14N4O3. The lowest BCUT2D eigenvalue weighted by atomic mass is 10.4. The molecule has 2 aromatic heterocycles. The molecule has 0 aromatic carbocycles. The van der Waals surface area contributed by atoms with Crippen LogP contribution >= 0.6 is 0 Å². The van der Waals surface area contributed by atoms with Crippen LogP contribution in [0.2, 0.25) is 0 Å². The number of nitrogens with zero attached hydrogens (tertiary/aromatic N) is 2. The zero-order valence-electron chi connectivity index (χ0n) is 9.65. The molecule has 1 atom stereocenters. The van der Waals surface area contributed by atoms with Crippen LogP contribution in [0.1, 0.15) is 32.2 Å². The van der Waals surface area contributed by atoms with E-state index in [2.05, 4.69) is 15.0 Å². The van der Waals surface area contributed by atoms with Gasteiger partial charge in [-0.3, -0.25) is 14.3 Å². The van der Waals surface area contributed by atoms with Crippen molar-refractivity contribution in [1.29, 1.82) is 0 Å². The maximum atomic E-state index is 11.6. The largest absolute Gasteiger partial charge is 0.385 e. The molecule has 0 aliphatic rings. The summed E-state index contributed by atoms with van der Waals surface area (Å²) in [6.45, 7) is 3.93. The van der Waals surface area contributed by atoms with E-state index in [1.807, 2.05) is 6.92 Å². The highest BCUT2D eigenvalue weighted by Crippen LogP contribution is 2.11. The van der Waals surface area contributed by atoms with Crippen molar-refractivity contribution in [3.63, 3.8) is 0 Å². The van der Waals surface area contributed by atoms with Crippen molar-refractivity contribution in [1.82, 2.24) is 19.5 Å². The molecule has 3 N–H and O–H groups in total. The topological polar surface area (TPSA) is 104 Å². The molecule has 0 amide bonds. The second-order valence-electron chi connectivity index (χ2n) is 3.91. The van der Waals surface area contributed by atoms with Gasteiger partial charge in [-0.2, -0.15) is 0 Å². The van der Waals surface area contributed by atoms with E-state index in [1.54, 1.807) is 0 Å². The van der Waals surface area contributed by atoms with Gasteiger partial charge in [0.1, 0.15) is 17.4 Å². The van der Waals surface area contributed by atoms with Crippen LogP contribution in [-0.4, -0.2) is 24.6 Å². The minimum absolute atomic E-state index is 0.217. The minimum atomic E-state index is -0.813. The van der Waals surface area contributed by atoms with Crippen LogP contribution in [0.3, 0.4) is 0 Å². The number of imidazole rings is 1. The van der Waals surface area contributed by atoms with Crippen LogP contribution in [0.5, 0.6) is 0 Å². The van der Waals surface area contributed by atoms with Gasteiger partial charge in [0.05, 0.1) is 0 Å². The zero-order valence-corrected chi connectivity index (χ0v) is 9.65. The molecule has 7 heteroatoms. The average Bonchev–Trinajstić information content (AvgIpc) is 2.69. The summed E-state index contributed by atoms with van der Waals surface area (Å²) in [7, 11) is 0. The molecule has 2 rings (SSSR count). The predicted octanol–water partition coefficient (Wildman–Crippen LogP) is -0.124. The summed E-state index contributed by atoms with van der Waals surface area (Å²) in [6, 6.07) is 0. The number of aliphatic hydroxyl groups excluding tert-OH is 1. The molecule has 0 saturated carbocycles. The highest BCUT2D eigenvalue weighted by atomic mass is 16.3. The summed E-state index contributed by atoms with van der Waals surface area (Å²) in [6.07, 6.45) is -0.0650. The Balaban J connectivity index is 2.80. The molecule has 0 spiro atoms. The van der Waals surface area contributed by atoms with E-state index in [9.17, 15) is 14.7 Å². The van der Waals surface area contributed by atoms with Gasteiger partial charge < -0.3 is 10.1 Å². The van der Waals surface area contributed by atoms with Crippen molar-refractivity contribution >= 4 is 11.2 Å². The van der Waals surface area contributed by atoms with Gasteiger partial charge in [0.25, 0.3) is 5.56 Å². The predicted molar refractivity (Wildman–Crippen MR) is 61.9 cm³/mol. The lowest BCUT2D eigenvalue weighted by Crippen LogP contribution is -2.30. The number of rotatable bonds is 3. The number of nitrogens with one attached hydrogen (secondary N) is 2. The van der Waals surface area contributed by atoms with Gasteiger partial charge in [-0.05, 0) is 13.3 Å². The SMILES string of the molecule is CCCn1c(=O)[nH]c(=O)c2[nH]c(C(C)O)nc21. The number of hydrogen-bond donors (Lipinski definition) is 3. The molecular weight excluding hydrogens is 224 g/mol. The fraction of sp³-hybridized carbons (Fsp3) is 0.500. The third-order valence-electron chi connectivity index (χ3n) is 2.49. The van der Waals surface area contributed by atoms with Crippen molar-refractivity contribution in [2.75, 3.05) is 0 Å². The number of aliphatic hydroxyl groups is 1. The van der Waals surface area contributed by atoms with E-state index in [1.165, 1.54) is 11.5 Å². The van der Waals surface area contributed by atoms with Crippen molar-refractivity contribution < 1.29 is 5.11 Å². The van der Waals surface area contributed by atoms with Crippen molar-refractivity contribution in [3.8, 4) is 0 Å². The van der Waals surface area contributed by atoms with Crippen molar-refractivity contribution in [2.24, 2.45) is 0 Å². The molecule has 7 nitrogen and oxygen atoms in total. The van der Waals surface area contributed by atoms with E-state index in [4.69, 9.17) is 0 Å². The first-order chi connectivity index (χ1) is 8.04. The number of aromatic amines is 2. The van der Waals surface area contributed by atoms with Crippen LogP contribution in [0.4, 0.5) is 0 Å². The van der Waals surface area contributed by atoms with Gasteiger partial charge in [-0.25, -0.2) is 9.78 Å². The first-order valence-corrected chi connectivity index (χ1v) is 5.45. The maximum Gasteiger partial charge on any atom is 0.330 e.